The van der Waals surface area contributed by atoms with Gasteiger partial charge in [-0.15, -0.1) is 12.4 Å². The first kappa shape index (κ1) is 20.2. The molecule has 1 aromatic rings. The van der Waals surface area contributed by atoms with Gasteiger partial charge in [-0.1, -0.05) is 38.1 Å². The molecular weight excluding hydrogens is 334 g/mol. The quantitative estimate of drug-likeness (QED) is 0.730. The Hall–Kier alpha value is -1.10. The van der Waals surface area contributed by atoms with Crippen LogP contribution < -0.4 is 10.6 Å². The molecule has 1 saturated carbocycles. The average molecular weight is 366 g/mol. The standard InChI is InChI=1S/C20H31N3O.ClH/c1-15(2)16-4-6-17(7-5-16)18-14-19(18)20(24)22-8-3-11-23-12-9-21-10-13-23;/h4-7,15,18-19,21H,3,8-14H2,1-2H3,(H,22,24);1H. The van der Waals surface area contributed by atoms with E-state index in [0.717, 1.165) is 52.1 Å². The molecule has 1 saturated heterocycles. The third-order valence-electron chi connectivity index (χ3n) is 5.32. The zero-order valence-corrected chi connectivity index (χ0v) is 16.3. The van der Waals surface area contributed by atoms with Crippen molar-refractivity contribution in [3.8, 4) is 0 Å². The smallest absolute Gasteiger partial charge is 0.223 e. The molecule has 1 amide bonds. The molecule has 2 unspecified atom stereocenters. The Bertz CT molecular complexity index is 540. The summed E-state index contributed by atoms with van der Waals surface area (Å²) in [6, 6.07) is 8.83. The molecule has 0 spiro atoms. The third-order valence-corrected chi connectivity index (χ3v) is 5.32. The molecule has 3 rings (SSSR count). The number of carbonyl (C=O) groups excluding carboxylic acids is 1. The summed E-state index contributed by atoms with van der Waals surface area (Å²) in [6.07, 6.45) is 2.05. The highest BCUT2D eigenvalue weighted by Gasteiger charge is 2.43. The highest BCUT2D eigenvalue weighted by atomic mass is 35.5. The number of halogens is 1. The van der Waals surface area contributed by atoms with Crippen molar-refractivity contribution in [2.24, 2.45) is 5.92 Å². The number of rotatable bonds is 7. The number of hydrogen-bond donors (Lipinski definition) is 2. The topological polar surface area (TPSA) is 44.4 Å². The maximum Gasteiger partial charge on any atom is 0.223 e. The van der Waals surface area contributed by atoms with Crippen molar-refractivity contribution in [2.45, 2.75) is 38.5 Å². The zero-order valence-electron chi connectivity index (χ0n) is 15.5. The Morgan fingerprint density at radius 1 is 1.24 bits per heavy atom. The van der Waals surface area contributed by atoms with E-state index >= 15 is 0 Å². The predicted octanol–water partition coefficient (Wildman–Crippen LogP) is 2.75. The minimum atomic E-state index is 0. The second-order valence-electron chi connectivity index (χ2n) is 7.51. The molecule has 2 atom stereocenters. The van der Waals surface area contributed by atoms with Gasteiger partial charge in [0.2, 0.25) is 5.91 Å². The maximum absolute atomic E-state index is 12.3. The lowest BCUT2D eigenvalue weighted by molar-refractivity contribution is -0.122. The molecule has 0 aromatic heterocycles. The first-order chi connectivity index (χ1) is 11.6. The van der Waals surface area contributed by atoms with Gasteiger partial charge in [0.05, 0.1) is 0 Å². The van der Waals surface area contributed by atoms with Gasteiger partial charge in [-0.05, 0) is 42.3 Å². The zero-order chi connectivity index (χ0) is 16.9. The van der Waals surface area contributed by atoms with Crippen LogP contribution in [0.2, 0.25) is 0 Å². The molecule has 1 heterocycles. The van der Waals surface area contributed by atoms with Crippen LogP contribution in [-0.4, -0.2) is 50.1 Å². The molecule has 140 valence electrons. The second kappa shape index (κ2) is 9.56. The molecule has 4 nitrogen and oxygen atoms in total. The summed E-state index contributed by atoms with van der Waals surface area (Å²) in [5, 5.41) is 6.50. The fraction of sp³-hybridized carbons (Fsp3) is 0.650. The van der Waals surface area contributed by atoms with E-state index in [1.165, 1.54) is 11.1 Å². The van der Waals surface area contributed by atoms with Gasteiger partial charge in [0.1, 0.15) is 0 Å². The van der Waals surface area contributed by atoms with E-state index in [2.05, 4.69) is 53.6 Å². The second-order valence-corrected chi connectivity index (χ2v) is 7.51. The van der Waals surface area contributed by atoms with Crippen molar-refractivity contribution >= 4 is 18.3 Å². The lowest BCUT2D eigenvalue weighted by Gasteiger charge is -2.27. The van der Waals surface area contributed by atoms with Crippen LogP contribution in [0.4, 0.5) is 0 Å². The van der Waals surface area contributed by atoms with Crippen LogP contribution >= 0.6 is 12.4 Å². The molecule has 1 aliphatic carbocycles. The van der Waals surface area contributed by atoms with Crippen molar-refractivity contribution in [1.82, 2.24) is 15.5 Å². The van der Waals surface area contributed by atoms with Crippen molar-refractivity contribution in [1.29, 1.82) is 0 Å². The molecule has 0 bridgehead atoms. The maximum atomic E-state index is 12.3. The van der Waals surface area contributed by atoms with Crippen molar-refractivity contribution in [2.75, 3.05) is 39.3 Å². The van der Waals surface area contributed by atoms with Crippen LogP contribution in [0.5, 0.6) is 0 Å². The van der Waals surface area contributed by atoms with Crippen LogP contribution in [0.25, 0.3) is 0 Å². The molecule has 2 aliphatic rings. The van der Waals surface area contributed by atoms with Crippen LogP contribution in [0.3, 0.4) is 0 Å². The van der Waals surface area contributed by atoms with Crippen molar-refractivity contribution in [3.63, 3.8) is 0 Å². The number of piperazine rings is 1. The Balaban J connectivity index is 0.00000225. The molecule has 1 aliphatic heterocycles. The summed E-state index contributed by atoms with van der Waals surface area (Å²) >= 11 is 0. The fourth-order valence-corrected chi connectivity index (χ4v) is 3.56. The lowest BCUT2D eigenvalue weighted by atomic mass is 10.00. The average Bonchev–Trinajstić information content (AvgIpc) is 3.40. The summed E-state index contributed by atoms with van der Waals surface area (Å²) in [4.78, 5) is 14.8. The van der Waals surface area contributed by atoms with E-state index in [1.54, 1.807) is 0 Å². The Morgan fingerprint density at radius 3 is 2.56 bits per heavy atom. The Kier molecular flexibility index (Phi) is 7.73. The number of carbonyl (C=O) groups is 1. The highest BCUT2D eigenvalue weighted by Crippen LogP contribution is 2.47. The number of benzene rings is 1. The third kappa shape index (κ3) is 5.70. The van der Waals surface area contributed by atoms with Crippen LogP contribution in [0.1, 0.15) is 49.7 Å². The van der Waals surface area contributed by atoms with Gasteiger partial charge in [0.25, 0.3) is 0 Å². The molecule has 5 heteroatoms. The summed E-state index contributed by atoms with van der Waals surface area (Å²) < 4.78 is 0. The molecular formula is C20H32ClN3O. The van der Waals surface area contributed by atoms with Crippen LogP contribution in [0, 0.1) is 5.92 Å². The predicted molar refractivity (Wildman–Crippen MR) is 106 cm³/mol. The lowest BCUT2D eigenvalue weighted by Crippen LogP contribution is -2.44. The van der Waals surface area contributed by atoms with E-state index in [4.69, 9.17) is 0 Å². The van der Waals surface area contributed by atoms with Crippen LogP contribution in [-0.2, 0) is 4.79 Å². The molecule has 25 heavy (non-hydrogen) atoms. The molecule has 2 fully saturated rings. The molecule has 0 radical (unpaired) electrons. The summed E-state index contributed by atoms with van der Waals surface area (Å²) in [6.45, 7) is 10.8. The number of hydrogen-bond acceptors (Lipinski definition) is 3. The van der Waals surface area contributed by atoms with Gasteiger partial charge < -0.3 is 15.5 Å². The molecule has 1 aromatic carbocycles. The largest absolute Gasteiger partial charge is 0.356 e. The van der Waals surface area contributed by atoms with Crippen molar-refractivity contribution < 1.29 is 4.79 Å². The number of nitrogens with one attached hydrogen (secondary N) is 2. The van der Waals surface area contributed by atoms with Gasteiger partial charge in [0, 0.05) is 38.6 Å². The SMILES string of the molecule is CC(C)c1ccc(C2CC2C(=O)NCCCN2CCNCC2)cc1.Cl. The highest BCUT2D eigenvalue weighted by molar-refractivity contribution is 5.85. The normalized spacial score (nSPS) is 23.2. The first-order valence-electron chi connectivity index (χ1n) is 9.46. The van der Waals surface area contributed by atoms with E-state index in [-0.39, 0.29) is 24.2 Å². The monoisotopic (exact) mass is 365 g/mol. The fourth-order valence-electron chi connectivity index (χ4n) is 3.56. The van der Waals surface area contributed by atoms with Gasteiger partial charge in [-0.2, -0.15) is 0 Å². The number of amides is 1. The summed E-state index contributed by atoms with van der Waals surface area (Å²) in [5.74, 6) is 1.43. The Labute approximate surface area is 158 Å². The van der Waals surface area contributed by atoms with Gasteiger partial charge in [0.15, 0.2) is 0 Å². The summed E-state index contributed by atoms with van der Waals surface area (Å²) in [5.41, 5.74) is 2.69. The van der Waals surface area contributed by atoms with Gasteiger partial charge in [-0.3, -0.25) is 4.79 Å². The van der Waals surface area contributed by atoms with E-state index in [1.807, 2.05) is 0 Å². The first-order valence-corrected chi connectivity index (χ1v) is 9.46. The van der Waals surface area contributed by atoms with E-state index in [0.29, 0.717) is 11.8 Å². The van der Waals surface area contributed by atoms with Gasteiger partial charge in [-0.25, -0.2) is 0 Å². The minimum Gasteiger partial charge on any atom is -0.356 e. The summed E-state index contributed by atoms with van der Waals surface area (Å²) in [7, 11) is 0. The van der Waals surface area contributed by atoms with Gasteiger partial charge >= 0.3 is 0 Å². The van der Waals surface area contributed by atoms with Crippen molar-refractivity contribution in [3.05, 3.63) is 35.4 Å². The van der Waals surface area contributed by atoms with E-state index in [9.17, 15) is 4.79 Å². The van der Waals surface area contributed by atoms with E-state index < -0.39 is 0 Å². The van der Waals surface area contributed by atoms with Crippen LogP contribution in [0.15, 0.2) is 24.3 Å². The molecule has 2 N–H and O–H groups in total. The minimum absolute atomic E-state index is 0. The Morgan fingerprint density at radius 2 is 1.92 bits per heavy atom. The number of nitrogens with zero attached hydrogens (tertiary/aromatic N) is 1.